The lowest BCUT2D eigenvalue weighted by atomic mass is 9.94. The zero-order valence-electron chi connectivity index (χ0n) is 11.8. The van der Waals surface area contributed by atoms with Gasteiger partial charge in [0.2, 0.25) is 5.95 Å². The van der Waals surface area contributed by atoms with Gasteiger partial charge in [-0.05, 0) is 0 Å². The van der Waals surface area contributed by atoms with Gasteiger partial charge in [0, 0.05) is 39.6 Å². The molecule has 0 aromatic carbocycles. The summed E-state index contributed by atoms with van der Waals surface area (Å²) < 4.78 is 5.30. The summed E-state index contributed by atoms with van der Waals surface area (Å²) in [7, 11) is 1.88. The molecule has 1 fully saturated rings. The van der Waals surface area contributed by atoms with E-state index in [2.05, 4.69) is 25.6 Å². The fraction of sp³-hybridized carbons (Fsp3) is 0.583. The Morgan fingerprint density at radius 2 is 2.24 bits per heavy atom. The Kier molecular flexibility index (Phi) is 3.62. The number of rotatable bonds is 4. The Morgan fingerprint density at radius 3 is 2.95 bits per heavy atom. The van der Waals surface area contributed by atoms with E-state index in [1.807, 2.05) is 11.9 Å². The number of aliphatic hydroxyl groups is 1. The highest BCUT2D eigenvalue weighted by Gasteiger charge is 2.32. The number of hydrogen-bond donors (Lipinski definition) is 4. The van der Waals surface area contributed by atoms with E-state index in [1.54, 1.807) is 6.20 Å². The van der Waals surface area contributed by atoms with Crippen LogP contribution in [0.2, 0.25) is 0 Å². The molecular formula is C12H19N7O2. The summed E-state index contributed by atoms with van der Waals surface area (Å²) in [6, 6.07) is 0. The standard InChI is InChI=1S/C12H19N7O2/c1-19(7-12(20)2-4-21-5-3-12)10-8-6-14-18-9(8)15-11(16-10)17-13/h6,20H,2-5,7,13H2,1H3,(H2,14,15,16,17,18). The summed E-state index contributed by atoms with van der Waals surface area (Å²) in [5.41, 5.74) is 2.26. The van der Waals surface area contributed by atoms with Crippen LogP contribution < -0.4 is 16.2 Å². The second-order valence-electron chi connectivity index (χ2n) is 5.34. The molecule has 3 heterocycles. The van der Waals surface area contributed by atoms with Crippen molar-refractivity contribution in [3.05, 3.63) is 6.20 Å². The molecule has 9 nitrogen and oxygen atoms in total. The molecule has 0 saturated carbocycles. The molecule has 1 aliphatic heterocycles. The number of nitrogens with two attached hydrogens (primary N) is 1. The van der Waals surface area contributed by atoms with Gasteiger partial charge in [-0.15, -0.1) is 0 Å². The van der Waals surface area contributed by atoms with Crippen LogP contribution in [0.1, 0.15) is 12.8 Å². The lowest BCUT2D eigenvalue weighted by Crippen LogP contribution is -2.46. The maximum atomic E-state index is 10.6. The van der Waals surface area contributed by atoms with Crippen molar-refractivity contribution in [1.29, 1.82) is 0 Å². The van der Waals surface area contributed by atoms with E-state index in [-0.39, 0.29) is 0 Å². The Hall–Kier alpha value is -1.97. The fourth-order valence-electron chi connectivity index (χ4n) is 2.60. The smallest absolute Gasteiger partial charge is 0.241 e. The predicted octanol–water partition coefficient (Wildman–Crippen LogP) is -0.384. The van der Waals surface area contributed by atoms with Gasteiger partial charge in [0.05, 0.1) is 17.2 Å². The first kappa shape index (κ1) is 14.0. The molecule has 0 bridgehead atoms. The van der Waals surface area contributed by atoms with Crippen molar-refractivity contribution in [2.75, 3.05) is 37.1 Å². The first-order valence-electron chi connectivity index (χ1n) is 6.80. The third-order valence-electron chi connectivity index (χ3n) is 3.74. The Bertz CT molecular complexity index is 623. The van der Waals surface area contributed by atoms with E-state index in [4.69, 9.17) is 10.6 Å². The monoisotopic (exact) mass is 293 g/mol. The molecule has 1 saturated heterocycles. The minimum Gasteiger partial charge on any atom is -0.388 e. The molecule has 0 spiro atoms. The molecule has 0 amide bonds. The number of anilines is 2. The number of nitrogen functional groups attached to an aromatic ring is 1. The van der Waals surface area contributed by atoms with Gasteiger partial charge in [0.25, 0.3) is 0 Å². The molecular weight excluding hydrogens is 274 g/mol. The van der Waals surface area contributed by atoms with Gasteiger partial charge < -0.3 is 14.7 Å². The summed E-state index contributed by atoms with van der Waals surface area (Å²) in [5.74, 6) is 6.36. The Balaban J connectivity index is 1.89. The quantitative estimate of drug-likeness (QED) is 0.444. The second kappa shape index (κ2) is 5.43. The molecule has 114 valence electrons. The molecule has 3 rings (SSSR count). The van der Waals surface area contributed by atoms with Crippen LogP contribution in [-0.2, 0) is 4.74 Å². The zero-order chi connectivity index (χ0) is 14.9. The van der Waals surface area contributed by atoms with Crippen molar-refractivity contribution >= 4 is 22.8 Å². The number of nitrogens with one attached hydrogen (secondary N) is 2. The van der Waals surface area contributed by atoms with Crippen molar-refractivity contribution < 1.29 is 9.84 Å². The fourth-order valence-corrected chi connectivity index (χ4v) is 2.60. The minimum atomic E-state index is -0.773. The summed E-state index contributed by atoms with van der Waals surface area (Å²) >= 11 is 0. The molecule has 9 heteroatoms. The van der Waals surface area contributed by atoms with Crippen LogP contribution in [0.3, 0.4) is 0 Å². The molecule has 1 aliphatic rings. The van der Waals surface area contributed by atoms with E-state index in [0.717, 1.165) is 5.39 Å². The minimum absolute atomic E-state index is 0.299. The molecule has 5 N–H and O–H groups in total. The zero-order valence-corrected chi connectivity index (χ0v) is 11.8. The van der Waals surface area contributed by atoms with Gasteiger partial charge in [-0.25, -0.2) is 5.84 Å². The molecule has 0 atom stereocenters. The number of hydrogen-bond acceptors (Lipinski definition) is 8. The van der Waals surface area contributed by atoms with E-state index in [9.17, 15) is 5.11 Å². The van der Waals surface area contributed by atoms with Gasteiger partial charge in [-0.2, -0.15) is 15.1 Å². The molecule has 0 aliphatic carbocycles. The van der Waals surface area contributed by atoms with E-state index in [1.165, 1.54) is 0 Å². The number of aromatic nitrogens is 4. The van der Waals surface area contributed by atoms with Gasteiger partial charge in [0.15, 0.2) is 5.65 Å². The normalized spacial score (nSPS) is 17.9. The number of ether oxygens (including phenoxy) is 1. The van der Waals surface area contributed by atoms with Crippen LogP contribution >= 0.6 is 0 Å². The predicted molar refractivity (Wildman–Crippen MR) is 77.8 cm³/mol. The highest BCUT2D eigenvalue weighted by atomic mass is 16.5. The van der Waals surface area contributed by atoms with Crippen LogP contribution in [0.4, 0.5) is 11.8 Å². The number of likely N-dealkylation sites (N-methyl/N-ethyl adjacent to an activating group) is 1. The topological polar surface area (TPSA) is 125 Å². The summed E-state index contributed by atoms with van der Waals surface area (Å²) in [4.78, 5) is 10.4. The number of fused-ring (bicyclic) bond motifs is 1. The van der Waals surface area contributed by atoms with Crippen molar-refractivity contribution in [3.8, 4) is 0 Å². The van der Waals surface area contributed by atoms with Crippen LogP contribution in [0.25, 0.3) is 11.0 Å². The van der Waals surface area contributed by atoms with Gasteiger partial charge in [-0.3, -0.25) is 10.5 Å². The molecule has 2 aromatic heterocycles. The number of hydrazine groups is 1. The van der Waals surface area contributed by atoms with E-state index in [0.29, 0.717) is 50.0 Å². The Labute approximate surface area is 121 Å². The summed E-state index contributed by atoms with van der Waals surface area (Å²) in [5, 5.41) is 18.2. The highest BCUT2D eigenvalue weighted by Crippen LogP contribution is 2.27. The molecule has 0 unspecified atom stereocenters. The van der Waals surface area contributed by atoms with Crippen LogP contribution in [0.15, 0.2) is 6.20 Å². The lowest BCUT2D eigenvalue weighted by Gasteiger charge is -2.35. The van der Waals surface area contributed by atoms with E-state index >= 15 is 0 Å². The lowest BCUT2D eigenvalue weighted by molar-refractivity contribution is -0.0573. The average Bonchev–Trinajstić information content (AvgIpc) is 2.94. The number of aromatic amines is 1. The average molecular weight is 293 g/mol. The van der Waals surface area contributed by atoms with Gasteiger partial charge in [-0.1, -0.05) is 0 Å². The highest BCUT2D eigenvalue weighted by molar-refractivity contribution is 5.87. The van der Waals surface area contributed by atoms with Crippen molar-refractivity contribution in [3.63, 3.8) is 0 Å². The summed E-state index contributed by atoms with van der Waals surface area (Å²) in [6.45, 7) is 1.60. The first-order chi connectivity index (χ1) is 10.1. The van der Waals surface area contributed by atoms with Crippen molar-refractivity contribution in [2.45, 2.75) is 18.4 Å². The third-order valence-corrected chi connectivity index (χ3v) is 3.74. The number of H-pyrrole nitrogens is 1. The maximum Gasteiger partial charge on any atom is 0.241 e. The van der Waals surface area contributed by atoms with Gasteiger partial charge >= 0.3 is 0 Å². The van der Waals surface area contributed by atoms with Crippen LogP contribution in [-0.4, -0.2) is 57.7 Å². The van der Waals surface area contributed by atoms with E-state index < -0.39 is 5.60 Å². The Morgan fingerprint density at radius 1 is 1.48 bits per heavy atom. The largest absolute Gasteiger partial charge is 0.388 e. The van der Waals surface area contributed by atoms with Crippen molar-refractivity contribution in [2.24, 2.45) is 5.84 Å². The summed E-state index contributed by atoms with van der Waals surface area (Å²) in [6.07, 6.45) is 2.88. The van der Waals surface area contributed by atoms with Crippen molar-refractivity contribution in [1.82, 2.24) is 20.2 Å². The van der Waals surface area contributed by atoms with Crippen LogP contribution in [0, 0.1) is 0 Å². The third kappa shape index (κ3) is 2.75. The molecule has 2 aromatic rings. The molecule has 21 heavy (non-hydrogen) atoms. The SMILES string of the molecule is CN(CC1(O)CCOCC1)c1nc(NN)nc2[nH]ncc12. The molecule has 0 radical (unpaired) electrons. The van der Waals surface area contributed by atoms with Crippen LogP contribution in [0.5, 0.6) is 0 Å². The second-order valence-corrected chi connectivity index (χ2v) is 5.34. The first-order valence-corrected chi connectivity index (χ1v) is 6.80. The number of nitrogens with zero attached hydrogens (tertiary/aromatic N) is 4. The maximum absolute atomic E-state index is 10.6. The van der Waals surface area contributed by atoms with Gasteiger partial charge in [0.1, 0.15) is 5.82 Å².